The summed E-state index contributed by atoms with van der Waals surface area (Å²) in [5.41, 5.74) is 0.833. The highest BCUT2D eigenvalue weighted by Crippen LogP contribution is 2.27. The Balaban J connectivity index is 2.27. The number of nitrogens with one attached hydrogen (secondary N) is 1. The lowest BCUT2D eigenvalue weighted by molar-refractivity contribution is 0.601. The highest BCUT2D eigenvalue weighted by Gasteiger charge is 2.17. The van der Waals surface area contributed by atoms with Crippen LogP contribution >= 0.6 is 11.3 Å². The van der Waals surface area contributed by atoms with Gasteiger partial charge in [0, 0.05) is 30.9 Å². The van der Waals surface area contributed by atoms with Crippen molar-refractivity contribution in [3.05, 3.63) is 35.3 Å². The van der Waals surface area contributed by atoms with Crippen LogP contribution in [0.4, 0.5) is 10.8 Å². The van der Waals surface area contributed by atoms with Gasteiger partial charge in [-0.2, -0.15) is 0 Å². The smallest absolute Gasteiger partial charge is 0.263 e. The molecular formula is C14H19N3O2S2. The van der Waals surface area contributed by atoms with Gasteiger partial charge < -0.3 is 4.90 Å². The van der Waals surface area contributed by atoms with E-state index < -0.39 is 10.0 Å². The molecule has 2 rings (SSSR count). The zero-order valence-corrected chi connectivity index (χ0v) is 14.1. The summed E-state index contributed by atoms with van der Waals surface area (Å²) in [7, 11) is 0.129. The Morgan fingerprint density at radius 3 is 2.57 bits per heavy atom. The monoisotopic (exact) mass is 325 g/mol. The van der Waals surface area contributed by atoms with Gasteiger partial charge in [-0.25, -0.2) is 13.4 Å². The van der Waals surface area contributed by atoms with Crippen LogP contribution in [0.5, 0.6) is 0 Å². The molecule has 1 N–H and O–H groups in total. The summed E-state index contributed by atoms with van der Waals surface area (Å²) in [6, 6.07) is 6.80. The number of anilines is 2. The molecule has 0 spiro atoms. The summed E-state index contributed by atoms with van der Waals surface area (Å²) in [6.45, 7) is 4.10. The van der Waals surface area contributed by atoms with Crippen LogP contribution in [0.3, 0.4) is 0 Å². The van der Waals surface area contributed by atoms with E-state index in [9.17, 15) is 8.42 Å². The van der Waals surface area contributed by atoms with Crippen molar-refractivity contribution in [1.82, 2.24) is 4.98 Å². The summed E-state index contributed by atoms with van der Waals surface area (Å²) in [5.74, 6) is 0.331. The normalized spacial score (nSPS) is 11.7. The van der Waals surface area contributed by atoms with Gasteiger partial charge in [0.15, 0.2) is 5.13 Å². The SMILES string of the molecule is CC(C)c1cnc(NS(=O)(=O)c2cccc(N(C)C)c2)s1. The summed E-state index contributed by atoms with van der Waals surface area (Å²) < 4.78 is 27.3. The quantitative estimate of drug-likeness (QED) is 0.917. The fraction of sp³-hybridized carbons (Fsp3) is 0.357. The lowest BCUT2D eigenvalue weighted by Crippen LogP contribution is -2.14. The molecule has 114 valence electrons. The molecule has 0 atom stereocenters. The number of thiazole rings is 1. The lowest BCUT2D eigenvalue weighted by Gasteiger charge is -2.13. The van der Waals surface area contributed by atoms with Gasteiger partial charge >= 0.3 is 0 Å². The standard InChI is InChI=1S/C14H19N3O2S2/c1-10(2)13-9-15-14(20-13)16-21(18,19)12-7-5-6-11(8-12)17(3)4/h5-10H,1-4H3,(H,15,16). The van der Waals surface area contributed by atoms with Crippen molar-refractivity contribution in [2.45, 2.75) is 24.7 Å². The van der Waals surface area contributed by atoms with Crippen LogP contribution < -0.4 is 9.62 Å². The van der Waals surface area contributed by atoms with Gasteiger partial charge in [0.05, 0.1) is 4.90 Å². The zero-order valence-electron chi connectivity index (χ0n) is 12.5. The predicted molar refractivity (Wildman–Crippen MR) is 87.8 cm³/mol. The van der Waals surface area contributed by atoms with E-state index in [0.29, 0.717) is 11.0 Å². The topological polar surface area (TPSA) is 62.3 Å². The van der Waals surface area contributed by atoms with Gasteiger partial charge in [-0.3, -0.25) is 4.72 Å². The van der Waals surface area contributed by atoms with Crippen LogP contribution in [-0.4, -0.2) is 27.5 Å². The number of hydrogen-bond acceptors (Lipinski definition) is 5. The lowest BCUT2D eigenvalue weighted by atomic mass is 10.2. The Bertz CT molecular complexity index is 721. The maximum Gasteiger partial charge on any atom is 0.263 e. The van der Waals surface area contributed by atoms with Crippen molar-refractivity contribution in [3.8, 4) is 0 Å². The molecule has 7 heteroatoms. The van der Waals surface area contributed by atoms with Crippen LogP contribution in [-0.2, 0) is 10.0 Å². The molecule has 0 saturated carbocycles. The molecule has 0 bridgehead atoms. The van der Waals surface area contributed by atoms with E-state index in [1.54, 1.807) is 24.4 Å². The van der Waals surface area contributed by atoms with Crippen molar-refractivity contribution < 1.29 is 8.42 Å². The molecule has 0 amide bonds. The first-order chi connectivity index (χ1) is 9.79. The number of hydrogen-bond donors (Lipinski definition) is 1. The first-order valence-corrected chi connectivity index (χ1v) is 8.85. The van der Waals surface area contributed by atoms with Gasteiger partial charge in [0.2, 0.25) is 0 Å². The Labute approximate surface area is 129 Å². The molecule has 1 heterocycles. The second kappa shape index (κ2) is 6.03. The van der Waals surface area contributed by atoms with Gasteiger partial charge in [-0.05, 0) is 24.1 Å². The zero-order chi connectivity index (χ0) is 15.6. The number of sulfonamides is 1. The second-order valence-corrected chi connectivity index (χ2v) is 7.96. The van der Waals surface area contributed by atoms with E-state index in [1.807, 2.05) is 38.9 Å². The Morgan fingerprint density at radius 2 is 2.00 bits per heavy atom. The van der Waals surface area contributed by atoms with E-state index in [0.717, 1.165) is 10.6 Å². The molecule has 0 unspecified atom stereocenters. The largest absolute Gasteiger partial charge is 0.378 e. The van der Waals surface area contributed by atoms with E-state index in [1.165, 1.54) is 11.3 Å². The minimum atomic E-state index is -3.61. The number of aromatic nitrogens is 1. The molecule has 0 fully saturated rings. The Morgan fingerprint density at radius 1 is 1.29 bits per heavy atom. The van der Waals surface area contributed by atoms with Crippen LogP contribution in [0.15, 0.2) is 35.4 Å². The summed E-state index contributed by atoms with van der Waals surface area (Å²) in [4.78, 5) is 7.27. The van der Waals surface area contributed by atoms with E-state index >= 15 is 0 Å². The molecule has 0 aliphatic carbocycles. The highest BCUT2D eigenvalue weighted by atomic mass is 32.2. The Hall–Kier alpha value is -1.60. The molecule has 0 saturated heterocycles. The fourth-order valence-electron chi connectivity index (χ4n) is 1.70. The minimum Gasteiger partial charge on any atom is -0.378 e. The molecular weight excluding hydrogens is 306 g/mol. The number of benzene rings is 1. The molecule has 0 radical (unpaired) electrons. The summed E-state index contributed by atoms with van der Waals surface area (Å²) >= 11 is 1.36. The summed E-state index contributed by atoms with van der Waals surface area (Å²) in [5, 5.41) is 0.397. The number of nitrogens with zero attached hydrogens (tertiary/aromatic N) is 2. The third-order valence-corrected chi connectivity index (χ3v) is 5.64. The molecule has 5 nitrogen and oxygen atoms in total. The minimum absolute atomic E-state index is 0.231. The first kappa shape index (κ1) is 15.8. The molecule has 2 aromatic rings. The average molecular weight is 325 g/mol. The van der Waals surface area contributed by atoms with Gasteiger partial charge in [-0.1, -0.05) is 19.9 Å². The van der Waals surface area contributed by atoms with Gasteiger partial charge in [-0.15, -0.1) is 11.3 Å². The molecule has 0 aliphatic rings. The van der Waals surface area contributed by atoms with E-state index in [4.69, 9.17) is 0 Å². The van der Waals surface area contributed by atoms with Crippen LogP contribution in [0.25, 0.3) is 0 Å². The summed E-state index contributed by atoms with van der Waals surface area (Å²) in [6.07, 6.45) is 1.71. The van der Waals surface area contributed by atoms with Crippen molar-refractivity contribution in [2.75, 3.05) is 23.7 Å². The first-order valence-electron chi connectivity index (χ1n) is 6.55. The second-order valence-electron chi connectivity index (χ2n) is 5.22. The van der Waals surface area contributed by atoms with Crippen molar-refractivity contribution in [2.24, 2.45) is 0 Å². The van der Waals surface area contributed by atoms with Crippen molar-refractivity contribution >= 4 is 32.2 Å². The van der Waals surface area contributed by atoms with E-state index in [-0.39, 0.29) is 4.90 Å². The molecule has 1 aromatic carbocycles. The van der Waals surface area contributed by atoms with E-state index in [2.05, 4.69) is 9.71 Å². The van der Waals surface area contributed by atoms with Crippen molar-refractivity contribution in [3.63, 3.8) is 0 Å². The average Bonchev–Trinajstić information content (AvgIpc) is 2.87. The van der Waals surface area contributed by atoms with Crippen LogP contribution in [0.2, 0.25) is 0 Å². The number of rotatable bonds is 5. The molecule has 1 aromatic heterocycles. The van der Waals surface area contributed by atoms with Crippen LogP contribution in [0.1, 0.15) is 24.6 Å². The third kappa shape index (κ3) is 3.74. The van der Waals surface area contributed by atoms with Crippen molar-refractivity contribution in [1.29, 1.82) is 0 Å². The predicted octanol–water partition coefficient (Wildman–Crippen LogP) is 3.13. The molecule has 21 heavy (non-hydrogen) atoms. The van der Waals surface area contributed by atoms with Gasteiger partial charge in [0.1, 0.15) is 0 Å². The fourth-order valence-corrected chi connectivity index (χ4v) is 3.80. The maximum absolute atomic E-state index is 12.4. The molecule has 0 aliphatic heterocycles. The maximum atomic E-state index is 12.4. The Kier molecular flexibility index (Phi) is 4.53. The third-order valence-electron chi connectivity index (χ3n) is 2.96. The van der Waals surface area contributed by atoms with Gasteiger partial charge in [0.25, 0.3) is 10.0 Å². The highest BCUT2D eigenvalue weighted by molar-refractivity contribution is 7.93. The van der Waals surface area contributed by atoms with Crippen LogP contribution in [0, 0.1) is 0 Å².